The third kappa shape index (κ3) is 4.12. The molecule has 1 atom stereocenters. The molecule has 8 heteroatoms. The van der Waals surface area contributed by atoms with Crippen molar-refractivity contribution in [1.82, 2.24) is 14.7 Å². The van der Waals surface area contributed by atoms with E-state index in [1.54, 1.807) is 41.2 Å². The van der Waals surface area contributed by atoms with E-state index >= 15 is 0 Å². The quantitative estimate of drug-likeness (QED) is 0.815. The number of aromatic nitrogens is 2. The Hall–Kier alpha value is -2.22. The van der Waals surface area contributed by atoms with E-state index < -0.39 is 21.7 Å². The first-order chi connectivity index (χ1) is 12.2. The van der Waals surface area contributed by atoms with Crippen molar-refractivity contribution >= 4 is 15.7 Å². The van der Waals surface area contributed by atoms with Crippen molar-refractivity contribution < 1.29 is 17.6 Å². The molecule has 1 aromatic carbocycles. The van der Waals surface area contributed by atoms with E-state index in [4.69, 9.17) is 0 Å². The van der Waals surface area contributed by atoms with E-state index in [1.807, 2.05) is 6.92 Å². The number of aryl methyl sites for hydroxylation is 2. The minimum Gasteiger partial charge on any atom is -0.334 e. The fraction of sp³-hybridized carbons (Fsp3) is 0.444. The molecule has 0 unspecified atom stereocenters. The molecule has 26 heavy (non-hydrogen) atoms. The number of sulfone groups is 1. The van der Waals surface area contributed by atoms with Gasteiger partial charge in [-0.25, -0.2) is 12.8 Å². The molecule has 1 aliphatic rings. The van der Waals surface area contributed by atoms with Gasteiger partial charge in [-0.3, -0.25) is 9.48 Å². The Morgan fingerprint density at radius 1 is 1.38 bits per heavy atom. The number of halogens is 1. The maximum absolute atomic E-state index is 14.0. The monoisotopic (exact) mass is 379 g/mol. The van der Waals surface area contributed by atoms with Crippen molar-refractivity contribution in [1.29, 1.82) is 0 Å². The van der Waals surface area contributed by atoms with Crippen LogP contribution in [-0.2, 0) is 28.1 Å². The summed E-state index contributed by atoms with van der Waals surface area (Å²) < 4.78 is 40.1. The average molecular weight is 379 g/mol. The molecule has 1 aromatic heterocycles. The number of amides is 1. The summed E-state index contributed by atoms with van der Waals surface area (Å²) >= 11 is 0. The van der Waals surface area contributed by atoms with Crippen LogP contribution in [-0.4, -0.2) is 47.1 Å². The second-order valence-corrected chi connectivity index (χ2v) is 9.02. The first kappa shape index (κ1) is 18.6. The van der Waals surface area contributed by atoms with Crippen molar-refractivity contribution in [2.75, 3.05) is 18.1 Å². The predicted molar refractivity (Wildman–Crippen MR) is 95.8 cm³/mol. The molecule has 0 N–H and O–H groups in total. The van der Waals surface area contributed by atoms with Gasteiger partial charge in [-0.1, -0.05) is 17.7 Å². The normalized spacial score (nSPS) is 20.0. The second-order valence-electron chi connectivity index (χ2n) is 6.79. The number of benzene rings is 1. The van der Waals surface area contributed by atoms with Gasteiger partial charge in [0.2, 0.25) is 5.91 Å². The SMILES string of the molecule is Cc1ccc(F)c(CC(=O)N2CCCS(=O)(=O)C[C@H]2c2cnn(C)c2)c1. The number of carbonyl (C=O) groups is 1. The van der Waals surface area contributed by atoms with Crippen LogP contribution in [0.5, 0.6) is 0 Å². The Balaban J connectivity index is 1.91. The minimum absolute atomic E-state index is 0.0480. The molecule has 0 spiro atoms. The van der Waals surface area contributed by atoms with Gasteiger partial charge in [-0.05, 0) is 25.0 Å². The lowest BCUT2D eigenvalue weighted by atomic mass is 10.1. The summed E-state index contributed by atoms with van der Waals surface area (Å²) in [4.78, 5) is 14.5. The first-order valence-electron chi connectivity index (χ1n) is 8.48. The number of hydrogen-bond donors (Lipinski definition) is 0. The zero-order valence-electron chi connectivity index (χ0n) is 14.9. The zero-order valence-corrected chi connectivity index (χ0v) is 15.7. The van der Waals surface area contributed by atoms with Crippen LogP contribution in [0.4, 0.5) is 4.39 Å². The van der Waals surface area contributed by atoms with Crippen LogP contribution in [0.3, 0.4) is 0 Å². The van der Waals surface area contributed by atoms with Gasteiger partial charge in [0, 0.05) is 25.4 Å². The highest BCUT2D eigenvalue weighted by Gasteiger charge is 2.33. The maximum atomic E-state index is 14.0. The Morgan fingerprint density at radius 2 is 2.15 bits per heavy atom. The van der Waals surface area contributed by atoms with Gasteiger partial charge in [0.15, 0.2) is 9.84 Å². The highest BCUT2D eigenvalue weighted by molar-refractivity contribution is 7.91. The Labute approximate surface area is 152 Å². The molecule has 2 aromatic rings. The van der Waals surface area contributed by atoms with Gasteiger partial charge in [0.1, 0.15) is 5.82 Å². The van der Waals surface area contributed by atoms with E-state index in [1.165, 1.54) is 6.07 Å². The maximum Gasteiger partial charge on any atom is 0.227 e. The van der Waals surface area contributed by atoms with Gasteiger partial charge in [-0.15, -0.1) is 0 Å². The molecule has 1 amide bonds. The number of carbonyl (C=O) groups excluding carboxylic acids is 1. The van der Waals surface area contributed by atoms with E-state index in [0.29, 0.717) is 24.1 Å². The predicted octanol–water partition coefficient (Wildman–Crippen LogP) is 1.80. The van der Waals surface area contributed by atoms with Crippen LogP contribution in [0.2, 0.25) is 0 Å². The average Bonchev–Trinajstić information content (AvgIpc) is 2.92. The largest absolute Gasteiger partial charge is 0.334 e. The van der Waals surface area contributed by atoms with Gasteiger partial charge in [0.05, 0.1) is 30.2 Å². The van der Waals surface area contributed by atoms with Crippen LogP contribution in [0.1, 0.15) is 29.2 Å². The van der Waals surface area contributed by atoms with Crippen LogP contribution >= 0.6 is 0 Å². The Morgan fingerprint density at radius 3 is 2.85 bits per heavy atom. The van der Waals surface area contributed by atoms with Crippen LogP contribution < -0.4 is 0 Å². The smallest absolute Gasteiger partial charge is 0.227 e. The molecule has 1 aliphatic heterocycles. The molecule has 1 saturated heterocycles. The summed E-state index contributed by atoms with van der Waals surface area (Å²) in [5.74, 6) is -0.794. The molecule has 0 aliphatic carbocycles. The van der Waals surface area contributed by atoms with Crippen molar-refractivity contribution in [2.24, 2.45) is 7.05 Å². The molecule has 1 fully saturated rings. The molecule has 6 nitrogen and oxygen atoms in total. The van der Waals surface area contributed by atoms with Crippen LogP contribution in [0, 0.1) is 12.7 Å². The zero-order chi connectivity index (χ0) is 18.9. The summed E-state index contributed by atoms with van der Waals surface area (Å²) in [5.41, 5.74) is 1.87. The van der Waals surface area contributed by atoms with Gasteiger partial charge in [0.25, 0.3) is 0 Å². The van der Waals surface area contributed by atoms with Gasteiger partial charge < -0.3 is 4.90 Å². The fourth-order valence-corrected chi connectivity index (χ4v) is 4.90. The van der Waals surface area contributed by atoms with Crippen LogP contribution in [0.25, 0.3) is 0 Å². The summed E-state index contributed by atoms with van der Waals surface area (Å²) in [7, 11) is -1.53. The summed E-state index contributed by atoms with van der Waals surface area (Å²) in [6.45, 7) is 2.16. The number of rotatable bonds is 3. The molecule has 2 heterocycles. The van der Waals surface area contributed by atoms with Gasteiger partial charge >= 0.3 is 0 Å². The lowest BCUT2D eigenvalue weighted by molar-refractivity contribution is -0.132. The highest BCUT2D eigenvalue weighted by atomic mass is 32.2. The summed E-state index contributed by atoms with van der Waals surface area (Å²) in [6, 6.07) is 4.06. The third-order valence-electron chi connectivity index (χ3n) is 4.62. The van der Waals surface area contributed by atoms with Crippen molar-refractivity contribution in [2.45, 2.75) is 25.8 Å². The van der Waals surface area contributed by atoms with E-state index in [9.17, 15) is 17.6 Å². The van der Waals surface area contributed by atoms with E-state index in [0.717, 1.165) is 5.56 Å². The minimum atomic E-state index is -3.27. The van der Waals surface area contributed by atoms with Gasteiger partial charge in [-0.2, -0.15) is 5.10 Å². The first-order valence-corrected chi connectivity index (χ1v) is 10.3. The molecule has 0 saturated carbocycles. The number of hydrogen-bond acceptors (Lipinski definition) is 4. The Bertz CT molecular complexity index is 924. The molecule has 140 valence electrons. The van der Waals surface area contributed by atoms with Crippen LogP contribution in [0.15, 0.2) is 30.6 Å². The molecular weight excluding hydrogens is 357 g/mol. The molecular formula is C18H22FN3O3S. The topological polar surface area (TPSA) is 72.3 Å². The summed E-state index contributed by atoms with van der Waals surface area (Å²) in [5, 5.41) is 4.10. The second kappa shape index (κ2) is 7.19. The number of nitrogens with zero attached hydrogens (tertiary/aromatic N) is 3. The third-order valence-corrected chi connectivity index (χ3v) is 6.35. The molecule has 0 radical (unpaired) electrons. The van der Waals surface area contributed by atoms with Crippen molar-refractivity contribution in [3.05, 3.63) is 53.1 Å². The van der Waals surface area contributed by atoms with E-state index in [2.05, 4.69) is 5.10 Å². The van der Waals surface area contributed by atoms with Crippen molar-refractivity contribution in [3.63, 3.8) is 0 Å². The molecule has 3 rings (SSSR count). The standard InChI is InChI=1S/C18H22FN3O3S/c1-13-4-5-16(19)14(8-13)9-18(23)22-6-3-7-26(24,25)12-17(22)15-10-20-21(2)11-15/h4-5,8,10-11,17H,3,6-7,9,12H2,1-2H3/t17-/m0/s1. The van der Waals surface area contributed by atoms with Crippen molar-refractivity contribution in [3.8, 4) is 0 Å². The highest BCUT2D eigenvalue weighted by Crippen LogP contribution is 2.27. The lowest BCUT2D eigenvalue weighted by Crippen LogP contribution is -2.38. The summed E-state index contributed by atoms with van der Waals surface area (Å²) in [6.07, 6.45) is 3.59. The fourth-order valence-electron chi connectivity index (χ4n) is 3.31. The lowest BCUT2D eigenvalue weighted by Gasteiger charge is -2.29. The Kier molecular flexibility index (Phi) is 5.13. The molecule has 0 bridgehead atoms. The van der Waals surface area contributed by atoms with E-state index in [-0.39, 0.29) is 23.8 Å².